The van der Waals surface area contributed by atoms with E-state index in [1.807, 2.05) is 60.7 Å². The van der Waals surface area contributed by atoms with E-state index < -0.39 is 5.91 Å². The molecule has 1 heterocycles. The Labute approximate surface area is 184 Å². The van der Waals surface area contributed by atoms with Crippen LogP contribution in [-0.2, 0) is 4.79 Å². The molecule has 160 valence electrons. The van der Waals surface area contributed by atoms with Crippen LogP contribution in [0.2, 0.25) is 0 Å². The first-order valence-corrected chi connectivity index (χ1v) is 9.97. The van der Waals surface area contributed by atoms with Crippen LogP contribution in [-0.4, -0.2) is 40.2 Å². The zero-order chi connectivity index (χ0) is 22.3. The van der Waals surface area contributed by atoms with Gasteiger partial charge in [-0.2, -0.15) is 0 Å². The first kappa shape index (κ1) is 20.8. The van der Waals surface area contributed by atoms with Crippen LogP contribution in [0.15, 0.2) is 84.9 Å². The Morgan fingerprint density at radius 3 is 2.38 bits per heavy atom. The van der Waals surface area contributed by atoms with Gasteiger partial charge in [0.05, 0.1) is 5.69 Å². The zero-order valence-electron chi connectivity index (χ0n) is 17.4. The van der Waals surface area contributed by atoms with Gasteiger partial charge >= 0.3 is 0 Å². The molecule has 1 aromatic heterocycles. The molecule has 0 saturated carbocycles. The Bertz CT molecular complexity index is 1170. The monoisotopic (exact) mass is 427 g/mol. The molecule has 4 rings (SSSR count). The first-order valence-electron chi connectivity index (χ1n) is 9.97. The van der Waals surface area contributed by atoms with Gasteiger partial charge in [0.2, 0.25) is 5.82 Å². The number of anilines is 1. The number of carbonyl (C=O) groups excluding carboxylic acids is 2. The molecule has 4 aromatic rings. The van der Waals surface area contributed by atoms with Gasteiger partial charge < -0.3 is 15.4 Å². The second kappa shape index (κ2) is 9.57. The minimum absolute atomic E-state index is 0.0318. The number of nitrogens with zero attached hydrogens (tertiary/aromatic N) is 3. The van der Waals surface area contributed by atoms with Gasteiger partial charge in [0.25, 0.3) is 11.8 Å². The zero-order valence-corrected chi connectivity index (χ0v) is 17.4. The molecule has 0 aliphatic heterocycles. The number of aromatic nitrogens is 3. The SMILES string of the molecule is CNC(=O)COc1cccc(NC(=O)c2nc(-c3ccccc3)n(-c3ccccc3)n2)c1. The van der Waals surface area contributed by atoms with E-state index in [1.54, 1.807) is 28.9 Å². The maximum atomic E-state index is 12.9. The summed E-state index contributed by atoms with van der Waals surface area (Å²) in [5, 5.41) is 9.73. The van der Waals surface area contributed by atoms with E-state index in [0.29, 0.717) is 17.3 Å². The van der Waals surface area contributed by atoms with Crippen molar-refractivity contribution < 1.29 is 14.3 Å². The summed E-state index contributed by atoms with van der Waals surface area (Å²) in [6.07, 6.45) is 0. The van der Waals surface area contributed by atoms with Crippen molar-refractivity contribution in [2.24, 2.45) is 0 Å². The van der Waals surface area contributed by atoms with Gasteiger partial charge in [0.15, 0.2) is 12.4 Å². The summed E-state index contributed by atoms with van der Waals surface area (Å²) in [5.41, 5.74) is 2.14. The molecule has 3 aromatic carbocycles. The number of para-hydroxylation sites is 1. The highest BCUT2D eigenvalue weighted by molar-refractivity contribution is 6.02. The number of rotatable bonds is 7. The van der Waals surface area contributed by atoms with Gasteiger partial charge in [-0.15, -0.1) is 5.10 Å². The van der Waals surface area contributed by atoms with E-state index in [0.717, 1.165) is 11.3 Å². The number of benzene rings is 3. The lowest BCUT2D eigenvalue weighted by Crippen LogP contribution is -2.24. The van der Waals surface area contributed by atoms with E-state index in [1.165, 1.54) is 7.05 Å². The van der Waals surface area contributed by atoms with Crippen LogP contribution in [0.1, 0.15) is 10.6 Å². The average molecular weight is 427 g/mol. The Morgan fingerprint density at radius 1 is 0.938 bits per heavy atom. The maximum absolute atomic E-state index is 12.9. The number of hydrogen-bond donors (Lipinski definition) is 2. The number of nitrogens with one attached hydrogen (secondary N) is 2. The number of likely N-dealkylation sites (N-methyl/N-ethyl adjacent to an activating group) is 1. The maximum Gasteiger partial charge on any atom is 0.295 e. The standard InChI is InChI=1S/C24H21N5O3/c1-25-21(30)16-32-20-14-8-11-18(15-20)26-24(31)22-27-23(17-9-4-2-5-10-17)29(28-22)19-12-6-3-7-13-19/h2-15H,16H2,1H3,(H,25,30)(H,26,31). The first-order chi connectivity index (χ1) is 15.6. The molecule has 0 radical (unpaired) electrons. The number of amides is 2. The molecule has 32 heavy (non-hydrogen) atoms. The highest BCUT2D eigenvalue weighted by Gasteiger charge is 2.19. The third-order valence-electron chi connectivity index (χ3n) is 4.58. The number of carbonyl (C=O) groups is 2. The van der Waals surface area contributed by atoms with E-state index in [-0.39, 0.29) is 18.3 Å². The molecule has 0 bridgehead atoms. The smallest absolute Gasteiger partial charge is 0.295 e. The molecule has 0 atom stereocenters. The third kappa shape index (κ3) is 4.81. The van der Waals surface area contributed by atoms with E-state index in [4.69, 9.17) is 4.74 Å². The van der Waals surface area contributed by atoms with Gasteiger partial charge in [0, 0.05) is 24.4 Å². The summed E-state index contributed by atoms with van der Waals surface area (Å²) in [7, 11) is 1.54. The lowest BCUT2D eigenvalue weighted by atomic mass is 10.2. The van der Waals surface area contributed by atoms with Crippen molar-refractivity contribution in [1.29, 1.82) is 0 Å². The minimum atomic E-state index is -0.458. The molecule has 2 amide bonds. The normalized spacial score (nSPS) is 10.4. The van der Waals surface area contributed by atoms with E-state index in [2.05, 4.69) is 20.7 Å². The molecule has 0 saturated heterocycles. The Kier molecular flexibility index (Phi) is 6.22. The van der Waals surface area contributed by atoms with Crippen LogP contribution >= 0.6 is 0 Å². The van der Waals surface area contributed by atoms with Crippen molar-refractivity contribution >= 4 is 17.5 Å². The van der Waals surface area contributed by atoms with Gasteiger partial charge in [-0.1, -0.05) is 54.6 Å². The molecule has 0 unspecified atom stereocenters. The topological polar surface area (TPSA) is 98.1 Å². The van der Waals surface area contributed by atoms with Crippen LogP contribution in [0.25, 0.3) is 17.1 Å². The van der Waals surface area contributed by atoms with Gasteiger partial charge in [-0.25, -0.2) is 9.67 Å². The minimum Gasteiger partial charge on any atom is -0.484 e. The Balaban J connectivity index is 1.60. The van der Waals surface area contributed by atoms with Crippen LogP contribution in [0.4, 0.5) is 5.69 Å². The molecular weight excluding hydrogens is 406 g/mol. The molecule has 0 fully saturated rings. The van der Waals surface area contributed by atoms with E-state index in [9.17, 15) is 9.59 Å². The average Bonchev–Trinajstić information content (AvgIpc) is 3.30. The van der Waals surface area contributed by atoms with Gasteiger partial charge in [-0.05, 0) is 24.3 Å². The summed E-state index contributed by atoms with van der Waals surface area (Å²) in [6, 6.07) is 25.8. The largest absolute Gasteiger partial charge is 0.484 e. The molecular formula is C24H21N5O3. The van der Waals surface area contributed by atoms with Crippen molar-refractivity contribution in [3.8, 4) is 22.8 Å². The van der Waals surface area contributed by atoms with Crippen molar-refractivity contribution in [2.75, 3.05) is 19.0 Å². The molecule has 2 N–H and O–H groups in total. The van der Waals surface area contributed by atoms with Gasteiger partial charge in [-0.3, -0.25) is 9.59 Å². The highest BCUT2D eigenvalue weighted by Crippen LogP contribution is 2.22. The second-order valence-corrected chi connectivity index (χ2v) is 6.82. The molecule has 0 spiro atoms. The summed E-state index contributed by atoms with van der Waals surface area (Å²) >= 11 is 0. The summed E-state index contributed by atoms with van der Waals surface area (Å²) < 4.78 is 7.07. The number of hydrogen-bond acceptors (Lipinski definition) is 5. The summed E-state index contributed by atoms with van der Waals surface area (Å²) in [5.74, 6) is 0.344. The molecule has 8 heteroatoms. The molecule has 0 aliphatic rings. The van der Waals surface area contributed by atoms with Crippen molar-refractivity contribution in [2.45, 2.75) is 0 Å². The number of ether oxygens (including phenoxy) is 1. The molecule has 8 nitrogen and oxygen atoms in total. The van der Waals surface area contributed by atoms with Crippen LogP contribution in [0.5, 0.6) is 5.75 Å². The fraction of sp³-hybridized carbons (Fsp3) is 0.0833. The lowest BCUT2D eigenvalue weighted by Gasteiger charge is -2.07. The fourth-order valence-corrected chi connectivity index (χ4v) is 3.00. The van der Waals surface area contributed by atoms with Crippen LogP contribution in [0.3, 0.4) is 0 Å². The Morgan fingerprint density at radius 2 is 1.66 bits per heavy atom. The third-order valence-corrected chi connectivity index (χ3v) is 4.58. The van der Waals surface area contributed by atoms with Crippen molar-refractivity contribution in [3.05, 3.63) is 90.8 Å². The lowest BCUT2D eigenvalue weighted by molar-refractivity contribution is -0.122. The summed E-state index contributed by atoms with van der Waals surface area (Å²) in [6.45, 7) is -0.114. The van der Waals surface area contributed by atoms with Gasteiger partial charge in [0.1, 0.15) is 5.75 Å². The fourth-order valence-electron chi connectivity index (χ4n) is 3.00. The predicted octanol–water partition coefficient (Wildman–Crippen LogP) is 3.31. The van der Waals surface area contributed by atoms with Crippen LogP contribution < -0.4 is 15.4 Å². The van der Waals surface area contributed by atoms with Crippen molar-refractivity contribution in [1.82, 2.24) is 20.1 Å². The highest BCUT2D eigenvalue weighted by atomic mass is 16.5. The van der Waals surface area contributed by atoms with Crippen molar-refractivity contribution in [3.63, 3.8) is 0 Å². The quantitative estimate of drug-likeness (QED) is 0.472. The van der Waals surface area contributed by atoms with E-state index >= 15 is 0 Å². The predicted molar refractivity (Wildman–Crippen MR) is 121 cm³/mol. The molecule has 0 aliphatic carbocycles. The summed E-state index contributed by atoms with van der Waals surface area (Å²) in [4.78, 5) is 28.8. The Hall–Kier alpha value is -4.46. The van der Waals surface area contributed by atoms with Crippen LogP contribution in [0, 0.1) is 0 Å². The second-order valence-electron chi connectivity index (χ2n) is 6.82.